The lowest BCUT2D eigenvalue weighted by Crippen LogP contribution is -2.38. The van der Waals surface area contributed by atoms with Crippen LogP contribution in [0.3, 0.4) is 0 Å². The third kappa shape index (κ3) is 3.38. The summed E-state index contributed by atoms with van der Waals surface area (Å²) in [6, 6.07) is 11.1. The number of amides is 2. The van der Waals surface area contributed by atoms with Gasteiger partial charge in [0.2, 0.25) is 0 Å². The minimum Gasteiger partial charge on any atom is -0.497 e. The predicted octanol–water partition coefficient (Wildman–Crippen LogP) is 3.69. The van der Waals surface area contributed by atoms with Crippen molar-refractivity contribution in [1.29, 1.82) is 0 Å². The number of benzene rings is 2. The zero-order valence-electron chi connectivity index (χ0n) is 15.9. The minimum absolute atomic E-state index is 0.0517. The zero-order chi connectivity index (χ0) is 19.7. The molecule has 1 fully saturated rings. The number of hydrogen-bond acceptors (Lipinski definition) is 4. The van der Waals surface area contributed by atoms with Gasteiger partial charge >= 0.3 is 6.03 Å². The van der Waals surface area contributed by atoms with Crippen LogP contribution in [0.1, 0.15) is 11.6 Å². The number of hydrogen-bond donors (Lipinski definition) is 1. The molecular formula is C21H23FN2O4. The van der Waals surface area contributed by atoms with Gasteiger partial charge in [0.25, 0.3) is 0 Å². The van der Waals surface area contributed by atoms with E-state index in [9.17, 15) is 9.18 Å². The Labute approximate surface area is 163 Å². The monoisotopic (exact) mass is 386 g/mol. The van der Waals surface area contributed by atoms with Gasteiger partial charge in [-0.05, 0) is 42.5 Å². The van der Waals surface area contributed by atoms with Crippen LogP contribution in [0, 0.1) is 17.7 Å². The Morgan fingerprint density at radius 3 is 2.75 bits per heavy atom. The summed E-state index contributed by atoms with van der Waals surface area (Å²) in [5, 5.41) is 2.93. The molecule has 3 atom stereocenters. The summed E-state index contributed by atoms with van der Waals surface area (Å²) < 4.78 is 30.3. The molecular weight excluding hydrogens is 363 g/mol. The first-order valence-electron chi connectivity index (χ1n) is 9.23. The van der Waals surface area contributed by atoms with Crippen LogP contribution in [-0.2, 0) is 4.74 Å². The van der Waals surface area contributed by atoms with Crippen molar-refractivity contribution in [2.45, 2.75) is 6.04 Å². The molecule has 4 rings (SSSR count). The Morgan fingerprint density at radius 1 is 1.25 bits per heavy atom. The average molecular weight is 386 g/mol. The van der Waals surface area contributed by atoms with Crippen LogP contribution in [0.5, 0.6) is 11.5 Å². The molecule has 6 nitrogen and oxygen atoms in total. The summed E-state index contributed by atoms with van der Waals surface area (Å²) >= 11 is 0. The average Bonchev–Trinajstić information content (AvgIpc) is 3.08. The molecule has 0 saturated carbocycles. The second-order valence-corrected chi connectivity index (χ2v) is 7.13. The fourth-order valence-electron chi connectivity index (χ4n) is 4.15. The molecule has 28 heavy (non-hydrogen) atoms. The number of rotatable bonds is 4. The molecule has 2 aromatic rings. The summed E-state index contributed by atoms with van der Waals surface area (Å²) in [7, 11) is 3.24. The number of likely N-dealkylation sites (tertiary alicyclic amines) is 1. The molecule has 0 spiro atoms. The number of urea groups is 1. The van der Waals surface area contributed by atoms with E-state index >= 15 is 0 Å². The quantitative estimate of drug-likeness (QED) is 0.871. The molecule has 2 aliphatic rings. The highest BCUT2D eigenvalue weighted by molar-refractivity contribution is 5.90. The number of halogens is 1. The minimum atomic E-state index is -0.339. The van der Waals surface area contributed by atoms with E-state index in [-0.39, 0.29) is 29.7 Å². The molecule has 7 heteroatoms. The Hall–Kier alpha value is -2.80. The van der Waals surface area contributed by atoms with E-state index in [1.165, 1.54) is 12.1 Å². The maximum Gasteiger partial charge on any atom is 0.322 e. The molecule has 0 bridgehead atoms. The molecule has 148 valence electrons. The second-order valence-electron chi connectivity index (χ2n) is 7.13. The lowest BCUT2D eigenvalue weighted by atomic mass is 9.85. The number of methoxy groups -OCH3 is 2. The smallest absolute Gasteiger partial charge is 0.322 e. The van der Waals surface area contributed by atoms with Crippen LogP contribution in [0.25, 0.3) is 0 Å². The topological polar surface area (TPSA) is 60.0 Å². The molecule has 0 unspecified atom stereocenters. The van der Waals surface area contributed by atoms with E-state index < -0.39 is 0 Å². The maximum atomic E-state index is 13.9. The van der Waals surface area contributed by atoms with Crippen molar-refractivity contribution in [3.8, 4) is 11.5 Å². The van der Waals surface area contributed by atoms with E-state index in [1.54, 1.807) is 49.5 Å². The van der Waals surface area contributed by atoms with Crippen molar-refractivity contribution in [3.63, 3.8) is 0 Å². The van der Waals surface area contributed by atoms with Gasteiger partial charge in [-0.2, -0.15) is 0 Å². The van der Waals surface area contributed by atoms with Crippen LogP contribution in [0.15, 0.2) is 42.5 Å². The van der Waals surface area contributed by atoms with Crippen LogP contribution in [-0.4, -0.2) is 44.9 Å². The van der Waals surface area contributed by atoms with Crippen LogP contribution in [0.2, 0.25) is 0 Å². The molecule has 2 aliphatic heterocycles. The van der Waals surface area contributed by atoms with E-state index in [0.717, 1.165) is 0 Å². The Kier molecular flexibility index (Phi) is 5.09. The lowest BCUT2D eigenvalue weighted by molar-refractivity contribution is 0.100. The Morgan fingerprint density at radius 2 is 2.04 bits per heavy atom. The number of nitrogens with one attached hydrogen (secondary N) is 1. The molecule has 0 aromatic heterocycles. The third-order valence-corrected chi connectivity index (χ3v) is 5.48. The number of nitrogens with zero attached hydrogens (tertiary/aromatic N) is 1. The fourth-order valence-corrected chi connectivity index (χ4v) is 4.15. The van der Waals surface area contributed by atoms with Gasteiger partial charge in [-0.3, -0.25) is 0 Å². The standard InChI is InChI=1S/C21H23FN2O4/c1-26-11-13-10-24(21(25)23-15-4-6-16(27-2)7-5-15)20-17-9-14(22)3-8-19(17)28-12-18(13)20/h3-9,13,18,20H,10-12H2,1-2H3,(H,23,25)/t13-,18-,20-/m0/s1. The lowest BCUT2D eigenvalue weighted by Gasteiger charge is -2.34. The third-order valence-electron chi connectivity index (χ3n) is 5.48. The second kappa shape index (κ2) is 7.67. The number of anilines is 1. The van der Waals surface area contributed by atoms with Crippen molar-refractivity contribution in [3.05, 3.63) is 53.8 Å². The van der Waals surface area contributed by atoms with E-state index in [4.69, 9.17) is 14.2 Å². The van der Waals surface area contributed by atoms with Gasteiger partial charge in [-0.15, -0.1) is 0 Å². The predicted molar refractivity (Wildman–Crippen MR) is 102 cm³/mol. The summed E-state index contributed by atoms with van der Waals surface area (Å²) in [4.78, 5) is 14.8. The number of carbonyl (C=O) groups is 1. The maximum absolute atomic E-state index is 13.9. The summed E-state index contributed by atoms with van der Waals surface area (Å²) in [6.45, 7) is 1.51. The van der Waals surface area contributed by atoms with Gasteiger partial charge in [0.1, 0.15) is 17.3 Å². The molecule has 2 aromatic carbocycles. The highest BCUT2D eigenvalue weighted by Crippen LogP contribution is 2.47. The van der Waals surface area contributed by atoms with Crippen LogP contribution in [0.4, 0.5) is 14.9 Å². The molecule has 0 radical (unpaired) electrons. The van der Waals surface area contributed by atoms with Crippen molar-refractivity contribution >= 4 is 11.7 Å². The largest absolute Gasteiger partial charge is 0.497 e. The normalized spacial score (nSPS) is 22.8. The fraction of sp³-hybridized carbons (Fsp3) is 0.381. The molecule has 1 N–H and O–H groups in total. The highest BCUT2D eigenvalue weighted by Gasteiger charge is 2.48. The van der Waals surface area contributed by atoms with E-state index in [2.05, 4.69) is 5.32 Å². The van der Waals surface area contributed by atoms with Gasteiger partial charge in [-0.25, -0.2) is 9.18 Å². The van der Waals surface area contributed by atoms with Gasteiger partial charge < -0.3 is 24.4 Å². The number of ether oxygens (including phenoxy) is 3. The molecule has 2 heterocycles. The first-order valence-corrected chi connectivity index (χ1v) is 9.23. The molecule has 0 aliphatic carbocycles. The molecule has 1 saturated heterocycles. The summed E-state index contributed by atoms with van der Waals surface area (Å²) in [5.41, 5.74) is 1.38. The van der Waals surface area contributed by atoms with E-state index in [0.29, 0.717) is 42.5 Å². The van der Waals surface area contributed by atoms with Gasteiger partial charge in [0.05, 0.1) is 26.4 Å². The van der Waals surface area contributed by atoms with Gasteiger partial charge in [0, 0.05) is 36.7 Å². The van der Waals surface area contributed by atoms with Crippen LogP contribution < -0.4 is 14.8 Å². The first kappa shape index (κ1) is 18.6. The number of carbonyl (C=O) groups excluding carboxylic acids is 1. The van der Waals surface area contributed by atoms with Crippen molar-refractivity contribution in [1.82, 2.24) is 4.90 Å². The first-order chi connectivity index (χ1) is 13.6. The van der Waals surface area contributed by atoms with Crippen molar-refractivity contribution < 1.29 is 23.4 Å². The number of fused-ring (bicyclic) bond motifs is 3. The van der Waals surface area contributed by atoms with Crippen molar-refractivity contribution in [2.24, 2.45) is 11.8 Å². The van der Waals surface area contributed by atoms with Gasteiger partial charge in [-0.1, -0.05) is 0 Å². The summed E-state index contributed by atoms with van der Waals surface area (Å²) in [6.07, 6.45) is 0. The molecule has 2 amide bonds. The van der Waals surface area contributed by atoms with E-state index in [1.807, 2.05) is 0 Å². The van der Waals surface area contributed by atoms with Gasteiger partial charge in [0.15, 0.2) is 0 Å². The zero-order valence-corrected chi connectivity index (χ0v) is 15.9. The van der Waals surface area contributed by atoms with Crippen LogP contribution >= 0.6 is 0 Å². The van der Waals surface area contributed by atoms with Crippen molar-refractivity contribution in [2.75, 3.05) is 39.3 Å². The SMILES string of the molecule is COC[C@@H]1CN(C(=O)Nc2ccc(OC)cc2)[C@H]2c3cc(F)ccc3OC[C@@H]12. The Bertz CT molecular complexity index is 858. The highest BCUT2D eigenvalue weighted by atomic mass is 19.1. The summed E-state index contributed by atoms with van der Waals surface area (Å²) in [5.74, 6) is 1.17. The Balaban J connectivity index is 1.62.